The van der Waals surface area contributed by atoms with Crippen molar-refractivity contribution in [3.05, 3.63) is 34.9 Å². The minimum atomic E-state index is -4.58. The number of pyridine rings is 1. The fourth-order valence-electron chi connectivity index (χ4n) is 1.60. The number of carbonyl (C=O) groups is 2. The fraction of sp³-hybridized carbons (Fsp3) is 0.273. The predicted octanol–water partition coefficient (Wildman–Crippen LogP) is -0.116. The van der Waals surface area contributed by atoms with Crippen LogP contribution in [0.2, 0.25) is 0 Å². The Morgan fingerprint density at radius 3 is 2.64 bits per heavy atom. The minimum Gasteiger partial charge on any atom is -0.329 e. The Labute approximate surface area is 120 Å². The largest absolute Gasteiger partial charge is 0.405 e. The molecule has 0 saturated heterocycles. The van der Waals surface area contributed by atoms with E-state index in [4.69, 9.17) is 0 Å². The monoisotopic (exact) mass is 317 g/mol. The van der Waals surface area contributed by atoms with Crippen LogP contribution in [0.3, 0.4) is 0 Å². The summed E-state index contributed by atoms with van der Waals surface area (Å²) in [5, 5.41) is 6.99. The smallest absolute Gasteiger partial charge is 0.329 e. The second-order valence-electron chi connectivity index (χ2n) is 4.22. The number of hydrogen-bond donors (Lipinski definition) is 2. The van der Waals surface area contributed by atoms with Crippen LogP contribution >= 0.6 is 0 Å². The van der Waals surface area contributed by atoms with E-state index >= 15 is 0 Å². The number of halogens is 3. The van der Waals surface area contributed by atoms with Gasteiger partial charge in [0.1, 0.15) is 13.1 Å². The highest BCUT2D eigenvalue weighted by atomic mass is 19.4. The lowest BCUT2D eigenvalue weighted by Gasteiger charge is -2.08. The van der Waals surface area contributed by atoms with Crippen molar-refractivity contribution < 1.29 is 22.8 Å². The number of nitrogens with one attached hydrogen (secondary N) is 2. The molecule has 8 nitrogen and oxygen atoms in total. The van der Waals surface area contributed by atoms with E-state index in [1.807, 2.05) is 0 Å². The highest BCUT2D eigenvalue weighted by molar-refractivity contribution is 5.94. The molecule has 118 valence electrons. The second kappa shape index (κ2) is 5.87. The molecular weight excluding hydrogens is 307 g/mol. The van der Waals surface area contributed by atoms with E-state index in [9.17, 15) is 27.6 Å². The summed E-state index contributed by atoms with van der Waals surface area (Å²) < 4.78 is 37.6. The molecule has 0 bridgehead atoms. The summed E-state index contributed by atoms with van der Waals surface area (Å²) in [7, 11) is 0. The maximum atomic E-state index is 11.9. The Kier molecular flexibility index (Phi) is 4.15. The summed E-state index contributed by atoms with van der Waals surface area (Å²) in [5.41, 5.74) is -0.316. The van der Waals surface area contributed by atoms with Crippen molar-refractivity contribution in [1.82, 2.24) is 24.8 Å². The molecule has 0 saturated carbocycles. The normalized spacial score (nSPS) is 11.4. The molecule has 0 aliphatic carbocycles. The predicted molar refractivity (Wildman–Crippen MR) is 67.0 cm³/mol. The Bertz CT molecular complexity index is 764. The van der Waals surface area contributed by atoms with Crippen LogP contribution in [-0.4, -0.2) is 38.8 Å². The molecule has 2 aromatic heterocycles. The maximum Gasteiger partial charge on any atom is 0.405 e. The summed E-state index contributed by atoms with van der Waals surface area (Å²) in [5.74, 6) is -0.967. The minimum absolute atomic E-state index is 0.293. The Hall–Kier alpha value is -2.85. The van der Waals surface area contributed by atoms with E-state index < -0.39 is 36.9 Å². The van der Waals surface area contributed by atoms with Gasteiger partial charge in [-0.3, -0.25) is 14.5 Å². The molecule has 2 rings (SSSR count). The quantitative estimate of drug-likeness (QED) is 0.825. The number of aromatic nitrogens is 3. The van der Waals surface area contributed by atoms with Gasteiger partial charge in [0.15, 0.2) is 5.65 Å². The number of imide groups is 1. The lowest BCUT2D eigenvalue weighted by molar-refractivity contribution is -0.125. The van der Waals surface area contributed by atoms with Crippen LogP contribution < -0.4 is 16.3 Å². The standard InChI is InChI=1S/C11H10F3N5O3/c12-11(13,14)6-15-9(21)16-8(20)5-19-10(22)18-4-2-1-3-7(18)17-19/h1-4H,5-6H2,(H2,15,16,20,21). The topological polar surface area (TPSA) is 97.5 Å². The van der Waals surface area contributed by atoms with Gasteiger partial charge in [0.25, 0.3) is 0 Å². The van der Waals surface area contributed by atoms with Gasteiger partial charge < -0.3 is 5.32 Å². The maximum absolute atomic E-state index is 11.9. The third-order valence-corrected chi connectivity index (χ3v) is 2.48. The zero-order chi connectivity index (χ0) is 16.3. The summed E-state index contributed by atoms with van der Waals surface area (Å²) >= 11 is 0. The molecule has 0 spiro atoms. The molecule has 22 heavy (non-hydrogen) atoms. The summed E-state index contributed by atoms with van der Waals surface area (Å²) in [4.78, 5) is 34.4. The van der Waals surface area contributed by atoms with Gasteiger partial charge in [0, 0.05) is 6.20 Å². The van der Waals surface area contributed by atoms with Gasteiger partial charge >= 0.3 is 17.9 Å². The van der Waals surface area contributed by atoms with Crippen molar-refractivity contribution in [2.24, 2.45) is 0 Å². The zero-order valence-corrected chi connectivity index (χ0v) is 10.9. The van der Waals surface area contributed by atoms with Crippen molar-refractivity contribution in [3.63, 3.8) is 0 Å². The molecule has 0 fully saturated rings. The molecule has 3 amide bonds. The molecule has 0 unspecified atom stereocenters. The van der Waals surface area contributed by atoms with E-state index in [1.54, 1.807) is 17.4 Å². The average Bonchev–Trinajstić information content (AvgIpc) is 2.73. The average molecular weight is 317 g/mol. The first-order chi connectivity index (χ1) is 10.3. The molecule has 0 radical (unpaired) electrons. The third-order valence-electron chi connectivity index (χ3n) is 2.48. The van der Waals surface area contributed by atoms with Crippen LogP contribution in [0.1, 0.15) is 0 Å². The lowest BCUT2D eigenvalue weighted by atomic mass is 10.5. The molecule has 2 N–H and O–H groups in total. The van der Waals surface area contributed by atoms with Crippen molar-refractivity contribution in [2.75, 3.05) is 6.54 Å². The molecule has 11 heteroatoms. The van der Waals surface area contributed by atoms with Gasteiger partial charge in [-0.25, -0.2) is 14.3 Å². The molecule has 0 aliphatic rings. The number of urea groups is 1. The summed E-state index contributed by atoms with van der Waals surface area (Å²) in [6.45, 7) is -2.17. The van der Waals surface area contributed by atoms with Gasteiger partial charge in [-0.2, -0.15) is 13.2 Å². The number of hydrogen-bond acceptors (Lipinski definition) is 4. The number of nitrogens with zero attached hydrogens (tertiary/aromatic N) is 3. The van der Waals surface area contributed by atoms with Gasteiger partial charge in [-0.1, -0.05) is 6.07 Å². The molecule has 0 aromatic carbocycles. The van der Waals surface area contributed by atoms with Crippen LogP contribution in [0, 0.1) is 0 Å². The van der Waals surface area contributed by atoms with Crippen molar-refractivity contribution >= 4 is 17.6 Å². The molecule has 2 aromatic rings. The number of carbonyl (C=O) groups excluding carboxylic acids is 2. The zero-order valence-electron chi connectivity index (χ0n) is 10.9. The molecule has 0 aliphatic heterocycles. The van der Waals surface area contributed by atoms with E-state index in [1.165, 1.54) is 22.0 Å². The SMILES string of the molecule is O=C(Cn1nc2ccccn2c1=O)NC(=O)NCC(F)(F)F. The van der Waals surface area contributed by atoms with Crippen LogP contribution in [0.25, 0.3) is 5.65 Å². The Morgan fingerprint density at radius 1 is 1.27 bits per heavy atom. The lowest BCUT2D eigenvalue weighted by Crippen LogP contribution is -2.45. The van der Waals surface area contributed by atoms with Gasteiger partial charge in [-0.05, 0) is 12.1 Å². The molecule has 0 atom stereocenters. The number of rotatable bonds is 3. The van der Waals surface area contributed by atoms with Crippen molar-refractivity contribution in [3.8, 4) is 0 Å². The highest BCUT2D eigenvalue weighted by Crippen LogP contribution is 2.11. The number of alkyl halides is 3. The van der Waals surface area contributed by atoms with Gasteiger partial charge in [0.05, 0.1) is 0 Å². The van der Waals surface area contributed by atoms with Crippen LogP contribution in [0.5, 0.6) is 0 Å². The van der Waals surface area contributed by atoms with E-state index in [-0.39, 0.29) is 0 Å². The Balaban J connectivity index is 1.98. The number of fused-ring (bicyclic) bond motifs is 1. The fourth-order valence-corrected chi connectivity index (χ4v) is 1.60. The van der Waals surface area contributed by atoms with Crippen LogP contribution in [0.15, 0.2) is 29.2 Å². The molecule has 2 heterocycles. The van der Waals surface area contributed by atoms with Gasteiger partial charge in [-0.15, -0.1) is 5.10 Å². The van der Waals surface area contributed by atoms with Gasteiger partial charge in [0.2, 0.25) is 5.91 Å². The summed E-state index contributed by atoms with van der Waals surface area (Å²) in [6.07, 6.45) is -3.14. The first-order valence-corrected chi connectivity index (χ1v) is 5.95. The Morgan fingerprint density at radius 2 is 2.00 bits per heavy atom. The van der Waals surface area contributed by atoms with Crippen LogP contribution in [-0.2, 0) is 11.3 Å². The second-order valence-corrected chi connectivity index (χ2v) is 4.22. The van der Waals surface area contributed by atoms with E-state index in [2.05, 4.69) is 5.10 Å². The summed E-state index contributed by atoms with van der Waals surface area (Å²) in [6, 6.07) is 3.45. The van der Waals surface area contributed by atoms with Crippen molar-refractivity contribution in [1.29, 1.82) is 0 Å². The van der Waals surface area contributed by atoms with Crippen LogP contribution in [0.4, 0.5) is 18.0 Å². The first kappa shape index (κ1) is 15.5. The van der Waals surface area contributed by atoms with Crippen molar-refractivity contribution in [2.45, 2.75) is 12.7 Å². The first-order valence-electron chi connectivity index (χ1n) is 5.95. The third kappa shape index (κ3) is 3.84. The van der Waals surface area contributed by atoms with E-state index in [0.29, 0.717) is 5.65 Å². The molecular formula is C11H10F3N5O3. The number of amides is 3. The van der Waals surface area contributed by atoms with E-state index in [0.717, 1.165) is 4.68 Å². The highest BCUT2D eigenvalue weighted by Gasteiger charge is 2.28.